The van der Waals surface area contributed by atoms with Gasteiger partial charge in [-0.05, 0) is 44.7 Å². The molecule has 2 aromatic rings. The molecule has 1 fully saturated rings. The maximum atomic E-state index is 12.8. The van der Waals surface area contributed by atoms with Gasteiger partial charge in [-0.3, -0.25) is 14.9 Å². The SMILES string of the molecule is COc1cc(C(=O)Nc2nc(C)c(C(=O)OC3(C(N)=O)CCCCC3)s2)cc(OC)c1OC. The molecule has 1 saturated carbocycles. The number of thiazole rings is 1. The zero-order chi connectivity index (χ0) is 24.2. The number of benzene rings is 1. The van der Waals surface area contributed by atoms with E-state index in [4.69, 9.17) is 24.7 Å². The van der Waals surface area contributed by atoms with Crippen LogP contribution in [-0.4, -0.2) is 49.7 Å². The Kier molecular flexibility index (Phi) is 7.42. The first-order valence-corrected chi connectivity index (χ1v) is 11.2. The minimum Gasteiger partial charge on any atom is -0.493 e. The number of primary amides is 1. The van der Waals surface area contributed by atoms with Gasteiger partial charge in [0.2, 0.25) is 5.75 Å². The van der Waals surface area contributed by atoms with Crippen LogP contribution in [-0.2, 0) is 9.53 Å². The highest BCUT2D eigenvalue weighted by Gasteiger charge is 2.42. The summed E-state index contributed by atoms with van der Waals surface area (Å²) in [5.74, 6) is -0.800. The number of nitrogens with one attached hydrogen (secondary N) is 1. The molecule has 0 bridgehead atoms. The normalized spacial score (nSPS) is 14.8. The Morgan fingerprint density at radius 1 is 1.03 bits per heavy atom. The Morgan fingerprint density at radius 3 is 2.15 bits per heavy atom. The first-order valence-electron chi connectivity index (χ1n) is 10.4. The molecule has 178 valence electrons. The fraction of sp³-hybridized carbons (Fsp3) is 0.455. The standard InChI is InChI=1S/C22H27N3O7S/c1-12-17(19(27)32-22(20(23)28)8-6-5-7-9-22)33-21(24-12)25-18(26)13-10-14(29-2)16(31-4)15(11-13)30-3/h10-11H,5-9H2,1-4H3,(H2,23,28)(H,24,25,26). The molecule has 0 saturated heterocycles. The summed E-state index contributed by atoms with van der Waals surface area (Å²) in [5.41, 5.74) is 4.88. The summed E-state index contributed by atoms with van der Waals surface area (Å²) < 4.78 is 21.4. The second-order valence-corrected chi connectivity index (χ2v) is 8.61. The lowest BCUT2D eigenvalue weighted by atomic mass is 9.84. The van der Waals surface area contributed by atoms with E-state index in [-0.39, 0.29) is 15.6 Å². The van der Waals surface area contributed by atoms with Crippen LogP contribution in [0.5, 0.6) is 17.2 Å². The highest BCUT2D eigenvalue weighted by Crippen LogP contribution is 2.38. The molecule has 3 rings (SSSR count). The number of methoxy groups -OCH3 is 3. The predicted molar refractivity (Wildman–Crippen MR) is 121 cm³/mol. The molecular weight excluding hydrogens is 450 g/mol. The maximum Gasteiger partial charge on any atom is 0.351 e. The minimum absolute atomic E-state index is 0.196. The Morgan fingerprint density at radius 2 is 1.64 bits per heavy atom. The number of hydrogen-bond donors (Lipinski definition) is 2. The molecule has 0 spiro atoms. The first-order chi connectivity index (χ1) is 15.7. The molecule has 1 aliphatic rings. The van der Waals surface area contributed by atoms with Crippen molar-refractivity contribution < 1.29 is 33.3 Å². The molecule has 10 nitrogen and oxygen atoms in total. The number of nitrogens with two attached hydrogens (primary N) is 1. The second kappa shape index (κ2) is 10.1. The van der Waals surface area contributed by atoms with Gasteiger partial charge >= 0.3 is 5.97 Å². The molecule has 0 atom stereocenters. The summed E-state index contributed by atoms with van der Waals surface area (Å²) in [4.78, 5) is 42.1. The number of aromatic nitrogens is 1. The van der Waals surface area contributed by atoms with Gasteiger partial charge in [0.25, 0.3) is 11.8 Å². The second-order valence-electron chi connectivity index (χ2n) is 7.61. The number of carbonyl (C=O) groups excluding carboxylic acids is 3. The van der Waals surface area contributed by atoms with E-state index in [9.17, 15) is 14.4 Å². The van der Waals surface area contributed by atoms with E-state index in [2.05, 4.69) is 10.3 Å². The smallest absolute Gasteiger partial charge is 0.351 e. The van der Waals surface area contributed by atoms with Crippen LogP contribution in [0.3, 0.4) is 0 Å². The molecular formula is C22H27N3O7S. The number of aryl methyl sites for hydroxylation is 1. The average molecular weight is 478 g/mol. The van der Waals surface area contributed by atoms with Crippen LogP contribution < -0.4 is 25.3 Å². The molecule has 0 unspecified atom stereocenters. The van der Waals surface area contributed by atoms with E-state index in [1.165, 1.54) is 33.5 Å². The summed E-state index contributed by atoms with van der Waals surface area (Å²) in [7, 11) is 4.37. The largest absolute Gasteiger partial charge is 0.493 e. The Bertz CT molecular complexity index is 1040. The van der Waals surface area contributed by atoms with Crippen molar-refractivity contribution in [2.75, 3.05) is 26.6 Å². The summed E-state index contributed by atoms with van der Waals surface area (Å²) in [5, 5.41) is 2.87. The Hall–Kier alpha value is -3.34. The van der Waals surface area contributed by atoms with Crippen molar-refractivity contribution in [3.8, 4) is 17.2 Å². The number of nitrogens with zero attached hydrogens (tertiary/aromatic N) is 1. The highest BCUT2D eigenvalue weighted by atomic mass is 32.1. The number of amides is 2. The third-order valence-corrected chi connectivity index (χ3v) is 6.58. The van der Waals surface area contributed by atoms with Crippen LogP contribution in [0.1, 0.15) is 57.8 Å². The van der Waals surface area contributed by atoms with Crippen LogP contribution in [0, 0.1) is 6.92 Å². The minimum atomic E-state index is -1.30. The quantitative estimate of drug-likeness (QED) is 0.553. The summed E-state index contributed by atoms with van der Waals surface area (Å²) in [6.45, 7) is 1.62. The molecule has 0 radical (unpaired) electrons. The molecule has 1 heterocycles. The molecule has 1 aromatic carbocycles. The zero-order valence-electron chi connectivity index (χ0n) is 19.0. The van der Waals surface area contributed by atoms with Crippen molar-refractivity contribution in [3.63, 3.8) is 0 Å². The van der Waals surface area contributed by atoms with E-state index >= 15 is 0 Å². The summed E-state index contributed by atoms with van der Waals surface area (Å²) in [6.07, 6.45) is 3.28. The van der Waals surface area contributed by atoms with Gasteiger partial charge in [-0.1, -0.05) is 17.8 Å². The third kappa shape index (κ3) is 5.03. The average Bonchev–Trinajstić information content (AvgIpc) is 3.18. The fourth-order valence-corrected chi connectivity index (χ4v) is 4.60. The summed E-state index contributed by atoms with van der Waals surface area (Å²) in [6, 6.07) is 3.01. The molecule has 1 aliphatic carbocycles. The number of esters is 1. The topological polar surface area (TPSA) is 139 Å². The highest BCUT2D eigenvalue weighted by molar-refractivity contribution is 7.17. The van der Waals surface area contributed by atoms with Gasteiger partial charge in [0, 0.05) is 5.56 Å². The van der Waals surface area contributed by atoms with Gasteiger partial charge in [0.05, 0.1) is 27.0 Å². The van der Waals surface area contributed by atoms with Crippen LogP contribution in [0.2, 0.25) is 0 Å². The molecule has 0 aliphatic heterocycles. The van der Waals surface area contributed by atoms with Crippen LogP contribution in [0.4, 0.5) is 5.13 Å². The number of anilines is 1. The lowest BCUT2D eigenvalue weighted by Crippen LogP contribution is -2.49. The maximum absolute atomic E-state index is 12.8. The van der Waals surface area contributed by atoms with Gasteiger partial charge < -0.3 is 24.7 Å². The van der Waals surface area contributed by atoms with Crippen molar-refractivity contribution in [1.29, 1.82) is 0 Å². The molecule has 11 heteroatoms. The van der Waals surface area contributed by atoms with Gasteiger partial charge in [-0.2, -0.15) is 0 Å². The fourth-order valence-electron chi connectivity index (χ4n) is 3.77. The number of ether oxygens (including phenoxy) is 4. The van der Waals surface area contributed by atoms with E-state index in [1.807, 2.05) is 0 Å². The number of carbonyl (C=O) groups is 3. The van der Waals surface area contributed by atoms with Crippen molar-refractivity contribution in [2.24, 2.45) is 5.73 Å². The van der Waals surface area contributed by atoms with E-state index < -0.39 is 23.4 Å². The van der Waals surface area contributed by atoms with Gasteiger partial charge in [-0.15, -0.1) is 0 Å². The molecule has 2 amide bonds. The monoisotopic (exact) mass is 477 g/mol. The van der Waals surface area contributed by atoms with Crippen LogP contribution in [0.25, 0.3) is 0 Å². The first kappa shape index (κ1) is 24.3. The van der Waals surface area contributed by atoms with Gasteiger partial charge in [0.1, 0.15) is 4.88 Å². The third-order valence-electron chi connectivity index (χ3n) is 5.53. The van der Waals surface area contributed by atoms with Crippen LogP contribution in [0.15, 0.2) is 12.1 Å². The molecule has 3 N–H and O–H groups in total. The lowest BCUT2D eigenvalue weighted by Gasteiger charge is -2.33. The molecule has 33 heavy (non-hydrogen) atoms. The Balaban J connectivity index is 1.80. The van der Waals surface area contributed by atoms with E-state index in [1.54, 1.807) is 6.92 Å². The van der Waals surface area contributed by atoms with Crippen molar-refractivity contribution >= 4 is 34.3 Å². The van der Waals surface area contributed by atoms with E-state index in [0.29, 0.717) is 35.8 Å². The van der Waals surface area contributed by atoms with Crippen LogP contribution >= 0.6 is 11.3 Å². The predicted octanol–water partition coefficient (Wildman–Crippen LogP) is 3.07. The van der Waals surface area contributed by atoms with Crippen molar-refractivity contribution in [1.82, 2.24) is 4.98 Å². The van der Waals surface area contributed by atoms with E-state index in [0.717, 1.165) is 30.6 Å². The molecule has 1 aromatic heterocycles. The van der Waals surface area contributed by atoms with Crippen molar-refractivity contribution in [2.45, 2.75) is 44.6 Å². The number of hydrogen-bond acceptors (Lipinski definition) is 9. The van der Waals surface area contributed by atoms with Crippen molar-refractivity contribution in [3.05, 3.63) is 28.3 Å². The zero-order valence-corrected chi connectivity index (χ0v) is 19.8. The van der Waals surface area contributed by atoms with Gasteiger partial charge in [0.15, 0.2) is 22.2 Å². The van der Waals surface area contributed by atoms with Gasteiger partial charge in [-0.25, -0.2) is 9.78 Å². The Labute approximate surface area is 195 Å². The number of rotatable bonds is 8. The summed E-state index contributed by atoms with van der Waals surface area (Å²) >= 11 is 0.960. The lowest BCUT2D eigenvalue weighted by molar-refractivity contribution is -0.140.